The second kappa shape index (κ2) is 20.7. The van der Waals surface area contributed by atoms with Gasteiger partial charge in [0.2, 0.25) is 11.8 Å². The molecule has 2 aliphatic rings. The zero-order valence-corrected chi connectivity index (χ0v) is 36.3. The smallest absolute Gasteiger partial charge is 0.668 e. The van der Waals surface area contributed by atoms with Crippen LogP contribution in [0.2, 0.25) is 39.3 Å². The Labute approximate surface area is 295 Å². The van der Waals surface area contributed by atoms with E-state index in [0.717, 1.165) is 49.4 Å². The van der Waals surface area contributed by atoms with Gasteiger partial charge in [0, 0.05) is 23.7 Å². The summed E-state index contributed by atoms with van der Waals surface area (Å²) in [6.07, 6.45) is 4.44. The number of nitrogens with zero attached hydrogens (tertiary/aromatic N) is 3. The summed E-state index contributed by atoms with van der Waals surface area (Å²) in [7, 11) is -2.21. The van der Waals surface area contributed by atoms with Gasteiger partial charge in [0.25, 0.3) is 0 Å². The second-order valence-electron chi connectivity index (χ2n) is 13.5. The maximum absolute atomic E-state index is 12.1. The largest absolute Gasteiger partial charge is 1.00 e. The molecule has 0 aromatic heterocycles. The summed E-state index contributed by atoms with van der Waals surface area (Å²) in [5.74, 6) is 0.585. The molecule has 0 aliphatic carbocycles. The molecule has 41 heavy (non-hydrogen) atoms. The number of rotatable bonds is 10. The summed E-state index contributed by atoms with van der Waals surface area (Å²) in [6.45, 7) is 34.1. The molecular formula is C29H62Br2LiN3O2S2Si2. The Morgan fingerprint density at radius 2 is 1.15 bits per heavy atom. The van der Waals surface area contributed by atoms with Gasteiger partial charge in [-0.25, -0.2) is 0 Å². The molecule has 0 aromatic rings. The Bertz CT molecular complexity index is 753. The molecule has 0 saturated carbocycles. The van der Waals surface area contributed by atoms with E-state index < -0.39 is 16.5 Å². The first-order chi connectivity index (χ1) is 18.0. The number of amides is 2. The molecule has 0 spiro atoms. The summed E-state index contributed by atoms with van der Waals surface area (Å²) >= 11 is 10.3. The van der Waals surface area contributed by atoms with Gasteiger partial charge in [0.05, 0.1) is 19.7 Å². The van der Waals surface area contributed by atoms with Crippen LogP contribution in [0.25, 0.3) is 4.65 Å². The van der Waals surface area contributed by atoms with Gasteiger partial charge >= 0.3 is 18.9 Å². The number of carbonyl (C=O) groups excluding carboxylic acids is 2. The Hall–Kier alpha value is 1.59. The van der Waals surface area contributed by atoms with E-state index >= 15 is 0 Å². The zero-order chi connectivity index (χ0) is 32.2. The van der Waals surface area contributed by atoms with Crippen LogP contribution < -0.4 is 18.9 Å². The number of unbranched alkanes of at least 4 members (excludes halogenated alkanes) is 2. The number of hydrogen-bond acceptors (Lipinski definition) is 4. The van der Waals surface area contributed by atoms with Gasteiger partial charge < -0.3 is 14.4 Å². The first kappa shape index (κ1) is 47.0. The molecule has 2 aliphatic heterocycles. The van der Waals surface area contributed by atoms with Gasteiger partial charge in [-0.05, 0) is 74.1 Å². The molecule has 1 atom stereocenters. The molecule has 12 heteroatoms. The SMILES string of the molecule is CC.CC1(C)SC(C)(C)N(CCCCBr)C1=O.CC1SC(C)(C)N(CCCCBr)C1=O.C[Si](C)(C)[N-][Si](C)(C)C.[Li+]. The van der Waals surface area contributed by atoms with Crippen molar-refractivity contribution in [2.24, 2.45) is 0 Å². The van der Waals surface area contributed by atoms with Crippen molar-refractivity contribution in [3.05, 3.63) is 4.65 Å². The third-order valence-electron chi connectivity index (χ3n) is 5.85. The van der Waals surface area contributed by atoms with E-state index in [1.807, 2.05) is 44.4 Å². The molecule has 2 heterocycles. The standard InChI is InChI=1S/C11H20BrNOS.C10H18BrNOS.C6H18NSi2.C2H6.Li/c1-10(2)9(14)13(8-6-5-7-12)11(3,4)15-10;1-8-9(13)12(7-5-4-6-11)10(2,3)14-8;1-8(2,3)7-9(4,5)6;1-2;/h5-8H2,1-4H3;8H,4-7H2,1-3H3;1-6H3;1-2H3;/q;;-1;;+1. The Morgan fingerprint density at radius 1 is 0.756 bits per heavy atom. The molecule has 1 unspecified atom stereocenters. The maximum Gasteiger partial charge on any atom is 1.00 e. The molecular weight excluding hydrogens is 709 g/mol. The van der Waals surface area contributed by atoms with Crippen LogP contribution in [0.5, 0.6) is 0 Å². The number of thioether (sulfide) groups is 2. The average molecular weight is 772 g/mol. The van der Waals surface area contributed by atoms with Crippen molar-refractivity contribution in [1.82, 2.24) is 9.80 Å². The second-order valence-corrected chi connectivity index (χ2v) is 28.8. The van der Waals surface area contributed by atoms with E-state index in [2.05, 4.69) is 98.8 Å². The summed E-state index contributed by atoms with van der Waals surface area (Å²) in [4.78, 5) is 27.9. The maximum atomic E-state index is 12.1. The van der Waals surface area contributed by atoms with E-state index in [-0.39, 0.29) is 44.5 Å². The van der Waals surface area contributed by atoms with Crippen molar-refractivity contribution in [2.75, 3.05) is 23.7 Å². The number of halogens is 2. The van der Waals surface area contributed by atoms with E-state index in [1.165, 1.54) is 0 Å². The minimum absolute atomic E-state index is 0. The van der Waals surface area contributed by atoms with E-state index in [0.29, 0.717) is 5.91 Å². The van der Waals surface area contributed by atoms with Crippen LogP contribution >= 0.6 is 55.4 Å². The molecule has 0 N–H and O–H groups in total. The molecule has 240 valence electrons. The molecule has 0 bridgehead atoms. The first-order valence-corrected chi connectivity index (χ1v) is 25.7. The fourth-order valence-electron chi connectivity index (χ4n) is 4.81. The molecule has 2 amide bonds. The summed E-state index contributed by atoms with van der Waals surface area (Å²) < 4.78 is 4.57. The summed E-state index contributed by atoms with van der Waals surface area (Å²) in [6, 6.07) is 0. The number of hydrogen-bond donors (Lipinski definition) is 0. The van der Waals surface area contributed by atoms with Crippen molar-refractivity contribution in [3.8, 4) is 0 Å². The normalized spacial score (nSPS) is 20.7. The zero-order valence-electron chi connectivity index (χ0n) is 29.5. The van der Waals surface area contributed by atoms with Crippen LogP contribution in [-0.2, 0) is 9.59 Å². The van der Waals surface area contributed by atoms with Gasteiger partial charge in [-0.15, -0.1) is 23.5 Å². The van der Waals surface area contributed by atoms with Gasteiger partial charge in [-0.2, -0.15) is 0 Å². The van der Waals surface area contributed by atoms with Crippen molar-refractivity contribution in [1.29, 1.82) is 0 Å². The Morgan fingerprint density at radius 3 is 1.39 bits per heavy atom. The van der Waals surface area contributed by atoms with Crippen LogP contribution in [-0.4, -0.2) is 81.6 Å². The molecule has 2 saturated heterocycles. The van der Waals surface area contributed by atoms with E-state index in [4.69, 9.17) is 4.65 Å². The van der Waals surface area contributed by atoms with Gasteiger partial charge in [-0.1, -0.05) is 101 Å². The summed E-state index contributed by atoms with van der Waals surface area (Å²) in [5.41, 5.74) is 0. The minimum atomic E-state index is -1.11. The van der Waals surface area contributed by atoms with Crippen LogP contribution in [0.1, 0.15) is 88.0 Å². The quantitative estimate of drug-likeness (QED) is 0.134. The van der Waals surface area contributed by atoms with Crippen LogP contribution in [0, 0.1) is 0 Å². The van der Waals surface area contributed by atoms with E-state index in [1.54, 1.807) is 23.5 Å². The third kappa shape index (κ3) is 19.0. The van der Waals surface area contributed by atoms with Crippen molar-refractivity contribution >= 4 is 83.7 Å². The Kier molecular flexibility index (Phi) is 23.7. The van der Waals surface area contributed by atoms with Gasteiger partial charge in [0.1, 0.15) is 0 Å². The van der Waals surface area contributed by atoms with Crippen LogP contribution in [0.15, 0.2) is 0 Å². The minimum Gasteiger partial charge on any atom is -0.668 e. The van der Waals surface area contributed by atoms with Gasteiger partial charge in [-0.3, -0.25) is 9.59 Å². The molecule has 0 radical (unpaired) electrons. The fraction of sp³-hybridized carbons (Fsp3) is 0.931. The van der Waals surface area contributed by atoms with E-state index in [9.17, 15) is 9.59 Å². The predicted molar refractivity (Wildman–Crippen MR) is 198 cm³/mol. The Balaban J connectivity index is -0.000000521. The fourth-order valence-corrected chi connectivity index (χ4v) is 16.8. The number of carbonyl (C=O) groups is 2. The summed E-state index contributed by atoms with van der Waals surface area (Å²) in [5, 5.41) is 2.18. The predicted octanol–water partition coefficient (Wildman–Crippen LogP) is 7.17. The van der Waals surface area contributed by atoms with Crippen molar-refractivity contribution < 1.29 is 28.4 Å². The molecule has 2 fully saturated rings. The third-order valence-corrected chi connectivity index (χ3v) is 15.1. The monoisotopic (exact) mass is 769 g/mol. The molecule has 2 rings (SSSR count). The topological polar surface area (TPSA) is 54.7 Å². The van der Waals surface area contributed by atoms with Crippen LogP contribution in [0.4, 0.5) is 0 Å². The number of alkyl halides is 2. The van der Waals surface area contributed by atoms with Crippen molar-refractivity contribution in [3.63, 3.8) is 0 Å². The first-order valence-electron chi connectivity index (χ1n) is 14.9. The van der Waals surface area contributed by atoms with Crippen molar-refractivity contribution in [2.45, 2.75) is 147 Å². The van der Waals surface area contributed by atoms with Crippen LogP contribution in [0.3, 0.4) is 0 Å². The van der Waals surface area contributed by atoms with Gasteiger partial charge in [0.15, 0.2) is 0 Å². The molecule has 5 nitrogen and oxygen atoms in total. The molecule has 0 aromatic carbocycles. The average Bonchev–Trinajstić information content (AvgIpc) is 3.06.